The summed E-state index contributed by atoms with van der Waals surface area (Å²) < 4.78 is 30.1. The molecule has 0 saturated heterocycles. The summed E-state index contributed by atoms with van der Waals surface area (Å²) in [5.41, 5.74) is 7.11. The van der Waals surface area contributed by atoms with Crippen molar-refractivity contribution in [2.75, 3.05) is 12.0 Å². The molecule has 0 atom stereocenters. The molecule has 1 aromatic heterocycles. The highest BCUT2D eigenvalue weighted by Gasteiger charge is 2.14. The molecule has 0 spiro atoms. The summed E-state index contributed by atoms with van der Waals surface area (Å²) in [6, 6.07) is 6.19. The quantitative estimate of drug-likeness (QED) is 0.932. The molecule has 7 heteroatoms. The molecule has 0 fully saturated rings. The molecule has 0 amide bonds. The Morgan fingerprint density at radius 1 is 1.30 bits per heavy atom. The Balaban J connectivity index is 2.31. The summed E-state index contributed by atoms with van der Waals surface area (Å²) in [5.74, 6) is 0.982. The lowest BCUT2D eigenvalue weighted by Gasteiger charge is -2.08. The van der Waals surface area contributed by atoms with Crippen molar-refractivity contribution >= 4 is 15.5 Å². The minimum atomic E-state index is -3.21. The van der Waals surface area contributed by atoms with E-state index < -0.39 is 9.84 Å². The Morgan fingerprint density at radius 2 is 1.90 bits per heavy atom. The average molecular weight is 295 g/mol. The van der Waals surface area contributed by atoms with Crippen molar-refractivity contribution in [1.29, 1.82) is 0 Å². The molecule has 6 nitrogen and oxygen atoms in total. The highest BCUT2D eigenvalue weighted by molar-refractivity contribution is 7.90. The molecule has 0 aliphatic carbocycles. The zero-order valence-electron chi connectivity index (χ0n) is 11.6. The van der Waals surface area contributed by atoms with Gasteiger partial charge < -0.3 is 10.5 Å². The predicted molar refractivity (Wildman–Crippen MR) is 76.7 cm³/mol. The fraction of sp³-hybridized carbons (Fsp3) is 0.308. The highest BCUT2D eigenvalue weighted by Crippen LogP contribution is 2.30. The second kappa shape index (κ2) is 5.16. The van der Waals surface area contributed by atoms with Crippen molar-refractivity contribution in [3.05, 3.63) is 30.0 Å². The van der Waals surface area contributed by atoms with Gasteiger partial charge in [0.2, 0.25) is 5.88 Å². The smallest absolute Gasteiger partial charge is 0.241 e. The molecule has 0 radical (unpaired) electrons. The van der Waals surface area contributed by atoms with Crippen LogP contribution in [0, 0.1) is 6.92 Å². The Bertz CT molecular complexity index is 718. The number of nitrogens with two attached hydrogens (primary N) is 1. The highest BCUT2D eigenvalue weighted by atomic mass is 32.2. The van der Waals surface area contributed by atoms with Crippen LogP contribution >= 0.6 is 0 Å². The number of hydrogen-bond acceptors (Lipinski definition) is 5. The van der Waals surface area contributed by atoms with Crippen LogP contribution in [-0.4, -0.2) is 24.5 Å². The lowest BCUT2D eigenvalue weighted by atomic mass is 10.3. The molecule has 0 aliphatic rings. The van der Waals surface area contributed by atoms with E-state index in [9.17, 15) is 8.42 Å². The van der Waals surface area contributed by atoms with E-state index in [1.54, 1.807) is 23.7 Å². The number of hydrogen-bond donors (Lipinski definition) is 1. The Labute approximate surface area is 118 Å². The number of nitrogen functional groups attached to an aromatic ring is 1. The van der Waals surface area contributed by atoms with Gasteiger partial charge in [-0.3, -0.25) is 0 Å². The topological polar surface area (TPSA) is 87.2 Å². The summed E-state index contributed by atoms with van der Waals surface area (Å²) >= 11 is 0. The van der Waals surface area contributed by atoms with Gasteiger partial charge in [0.05, 0.1) is 10.6 Å². The van der Waals surface area contributed by atoms with Gasteiger partial charge in [-0.1, -0.05) is 0 Å². The Morgan fingerprint density at radius 3 is 2.40 bits per heavy atom. The molecule has 0 saturated carbocycles. The second-order valence-corrected chi connectivity index (χ2v) is 6.48. The van der Waals surface area contributed by atoms with Crippen LogP contribution in [0.3, 0.4) is 0 Å². The van der Waals surface area contributed by atoms with Crippen LogP contribution in [0.1, 0.15) is 12.6 Å². The SMILES string of the molecule is CCn1nc(C)c(N)c1Oc1ccc(S(C)(=O)=O)cc1. The number of nitrogens with zero attached hydrogens (tertiary/aromatic N) is 2. The van der Waals surface area contributed by atoms with Crippen molar-refractivity contribution in [3.8, 4) is 11.6 Å². The van der Waals surface area contributed by atoms with E-state index in [1.807, 2.05) is 6.92 Å². The summed E-state index contributed by atoms with van der Waals surface area (Å²) in [6.45, 7) is 4.38. The molecule has 1 heterocycles. The zero-order chi connectivity index (χ0) is 14.9. The predicted octanol–water partition coefficient (Wildman–Crippen LogP) is 1.99. The van der Waals surface area contributed by atoms with Crippen LogP contribution in [0.2, 0.25) is 0 Å². The average Bonchev–Trinajstić information content (AvgIpc) is 2.66. The van der Waals surface area contributed by atoms with Crippen molar-refractivity contribution in [3.63, 3.8) is 0 Å². The van der Waals surface area contributed by atoms with E-state index in [4.69, 9.17) is 10.5 Å². The monoisotopic (exact) mass is 295 g/mol. The molecule has 2 N–H and O–H groups in total. The first-order chi connectivity index (χ1) is 9.32. The van der Waals surface area contributed by atoms with Gasteiger partial charge in [-0.15, -0.1) is 0 Å². The summed E-state index contributed by atoms with van der Waals surface area (Å²) in [7, 11) is -3.21. The summed E-state index contributed by atoms with van der Waals surface area (Å²) in [6.07, 6.45) is 1.16. The second-order valence-electron chi connectivity index (χ2n) is 4.47. The number of rotatable bonds is 4. The third-order valence-electron chi connectivity index (χ3n) is 2.89. The molecular formula is C13H17N3O3S. The lowest BCUT2D eigenvalue weighted by molar-refractivity contribution is 0.418. The minimum Gasteiger partial charge on any atom is -0.437 e. The number of ether oxygens (including phenoxy) is 1. The first-order valence-corrected chi connectivity index (χ1v) is 8.03. The van der Waals surface area contributed by atoms with Crippen LogP contribution in [0.25, 0.3) is 0 Å². The van der Waals surface area contributed by atoms with Gasteiger partial charge in [0.1, 0.15) is 11.4 Å². The lowest BCUT2D eigenvalue weighted by Crippen LogP contribution is -2.01. The van der Waals surface area contributed by atoms with E-state index in [0.29, 0.717) is 29.6 Å². The van der Waals surface area contributed by atoms with Gasteiger partial charge >= 0.3 is 0 Å². The molecule has 1 aromatic carbocycles. The van der Waals surface area contributed by atoms with Crippen molar-refractivity contribution in [2.45, 2.75) is 25.3 Å². The van der Waals surface area contributed by atoms with Gasteiger partial charge in [-0.05, 0) is 38.1 Å². The summed E-state index contributed by atoms with van der Waals surface area (Å²) in [4.78, 5) is 0.248. The number of benzene rings is 1. The molecule has 20 heavy (non-hydrogen) atoms. The zero-order valence-corrected chi connectivity index (χ0v) is 12.4. The third kappa shape index (κ3) is 2.77. The van der Waals surface area contributed by atoms with Gasteiger partial charge in [-0.2, -0.15) is 5.10 Å². The molecule has 108 valence electrons. The number of aryl methyl sites for hydroxylation is 2. The number of anilines is 1. The fourth-order valence-electron chi connectivity index (χ4n) is 1.76. The van der Waals surface area contributed by atoms with Gasteiger partial charge in [-0.25, -0.2) is 13.1 Å². The maximum absolute atomic E-state index is 11.4. The van der Waals surface area contributed by atoms with E-state index in [2.05, 4.69) is 5.10 Å². The van der Waals surface area contributed by atoms with Crippen LogP contribution in [0.15, 0.2) is 29.2 Å². The van der Waals surface area contributed by atoms with Gasteiger partial charge in [0.25, 0.3) is 0 Å². The molecule has 0 bridgehead atoms. The third-order valence-corrected chi connectivity index (χ3v) is 4.02. The first kappa shape index (κ1) is 14.4. The normalized spacial score (nSPS) is 11.6. The Hall–Kier alpha value is -2.02. The Kier molecular flexibility index (Phi) is 3.71. The number of aromatic nitrogens is 2. The summed E-state index contributed by atoms with van der Waals surface area (Å²) in [5, 5.41) is 4.25. The molecule has 2 rings (SSSR count). The largest absolute Gasteiger partial charge is 0.437 e. The van der Waals surface area contributed by atoms with Gasteiger partial charge in [0, 0.05) is 12.8 Å². The molecule has 0 unspecified atom stereocenters. The van der Waals surface area contributed by atoms with Crippen LogP contribution in [0.5, 0.6) is 11.6 Å². The van der Waals surface area contributed by atoms with E-state index in [0.717, 1.165) is 6.26 Å². The van der Waals surface area contributed by atoms with Crippen LogP contribution < -0.4 is 10.5 Å². The molecular weight excluding hydrogens is 278 g/mol. The molecule has 0 aliphatic heterocycles. The van der Waals surface area contributed by atoms with Crippen molar-refractivity contribution < 1.29 is 13.2 Å². The van der Waals surface area contributed by atoms with Crippen LogP contribution in [-0.2, 0) is 16.4 Å². The van der Waals surface area contributed by atoms with E-state index >= 15 is 0 Å². The minimum absolute atomic E-state index is 0.248. The standard InChI is InChI=1S/C13H17N3O3S/c1-4-16-13(12(14)9(2)15-16)19-10-5-7-11(8-6-10)20(3,17)18/h5-8H,4,14H2,1-3H3. The van der Waals surface area contributed by atoms with Crippen molar-refractivity contribution in [2.24, 2.45) is 0 Å². The first-order valence-electron chi connectivity index (χ1n) is 6.13. The van der Waals surface area contributed by atoms with E-state index in [-0.39, 0.29) is 4.90 Å². The maximum Gasteiger partial charge on any atom is 0.241 e. The van der Waals surface area contributed by atoms with E-state index in [1.165, 1.54) is 12.1 Å². The molecule has 2 aromatic rings. The number of sulfone groups is 1. The van der Waals surface area contributed by atoms with Crippen molar-refractivity contribution in [1.82, 2.24) is 9.78 Å². The fourth-order valence-corrected chi connectivity index (χ4v) is 2.39. The van der Waals surface area contributed by atoms with Gasteiger partial charge in [0.15, 0.2) is 9.84 Å². The maximum atomic E-state index is 11.4. The van der Waals surface area contributed by atoms with Crippen LogP contribution in [0.4, 0.5) is 5.69 Å².